The molecule has 0 aliphatic carbocycles. The van der Waals surface area contributed by atoms with Crippen LogP contribution >= 0.6 is 22.6 Å². The summed E-state index contributed by atoms with van der Waals surface area (Å²) < 4.78 is 1.19. The first-order valence-electron chi connectivity index (χ1n) is 5.01. The molecular formula is C14H10IN. The maximum Gasteiger partial charge on any atom is 0.0962 e. The molecule has 0 saturated heterocycles. The molecule has 0 radical (unpaired) electrons. The Morgan fingerprint density at radius 1 is 0.875 bits per heavy atom. The van der Waals surface area contributed by atoms with Crippen LogP contribution in [-0.4, -0.2) is 0 Å². The first kappa shape index (κ1) is 11.2. The minimum absolute atomic E-state index is 0.168. The molecule has 0 N–H and O–H groups in total. The first-order chi connectivity index (χ1) is 7.81. The van der Waals surface area contributed by atoms with Gasteiger partial charge in [-0.25, -0.2) is 0 Å². The van der Waals surface area contributed by atoms with Crippen LogP contribution in [0.2, 0.25) is 0 Å². The molecule has 0 aliphatic heterocycles. The van der Waals surface area contributed by atoms with Gasteiger partial charge in [-0.05, 0) is 45.9 Å². The summed E-state index contributed by atoms with van der Waals surface area (Å²) in [6, 6.07) is 20.3. The van der Waals surface area contributed by atoms with E-state index in [0.717, 1.165) is 11.1 Å². The van der Waals surface area contributed by atoms with Crippen molar-refractivity contribution in [1.82, 2.24) is 0 Å². The van der Waals surface area contributed by atoms with E-state index in [1.807, 2.05) is 54.6 Å². The molecule has 0 spiro atoms. The topological polar surface area (TPSA) is 23.8 Å². The van der Waals surface area contributed by atoms with Crippen LogP contribution in [0.5, 0.6) is 0 Å². The quantitative estimate of drug-likeness (QED) is 0.769. The molecule has 0 aromatic heterocycles. The summed E-state index contributed by atoms with van der Waals surface area (Å²) in [6.45, 7) is 0. The van der Waals surface area contributed by atoms with Gasteiger partial charge < -0.3 is 0 Å². The number of nitriles is 1. The molecule has 78 valence electrons. The van der Waals surface area contributed by atoms with Crippen molar-refractivity contribution in [3.63, 3.8) is 0 Å². The summed E-state index contributed by atoms with van der Waals surface area (Å²) in [4.78, 5) is 0. The van der Waals surface area contributed by atoms with E-state index in [0.29, 0.717) is 0 Å². The van der Waals surface area contributed by atoms with Gasteiger partial charge in [-0.2, -0.15) is 5.26 Å². The van der Waals surface area contributed by atoms with E-state index in [1.165, 1.54) is 3.57 Å². The van der Waals surface area contributed by atoms with E-state index < -0.39 is 0 Å². The second-order valence-corrected chi connectivity index (χ2v) is 4.77. The van der Waals surface area contributed by atoms with Crippen LogP contribution in [-0.2, 0) is 0 Å². The number of hydrogen-bond donors (Lipinski definition) is 0. The van der Waals surface area contributed by atoms with E-state index in [1.54, 1.807) is 0 Å². The third kappa shape index (κ3) is 2.42. The molecule has 0 heterocycles. The highest BCUT2D eigenvalue weighted by molar-refractivity contribution is 14.1. The molecule has 0 unspecified atom stereocenters. The molecule has 0 fully saturated rings. The summed E-state index contributed by atoms with van der Waals surface area (Å²) in [5.74, 6) is -0.168. The number of hydrogen-bond acceptors (Lipinski definition) is 1. The van der Waals surface area contributed by atoms with E-state index in [4.69, 9.17) is 0 Å². The van der Waals surface area contributed by atoms with Gasteiger partial charge in [0.05, 0.1) is 12.0 Å². The van der Waals surface area contributed by atoms with Gasteiger partial charge in [0.2, 0.25) is 0 Å². The lowest BCUT2D eigenvalue weighted by molar-refractivity contribution is 1.04. The molecule has 16 heavy (non-hydrogen) atoms. The van der Waals surface area contributed by atoms with Crippen LogP contribution in [0.15, 0.2) is 54.6 Å². The Hall–Kier alpha value is -1.34. The Labute approximate surface area is 109 Å². The lowest BCUT2D eigenvalue weighted by atomic mass is 9.93. The van der Waals surface area contributed by atoms with Crippen LogP contribution in [0.3, 0.4) is 0 Å². The summed E-state index contributed by atoms with van der Waals surface area (Å²) >= 11 is 2.26. The van der Waals surface area contributed by atoms with Crippen molar-refractivity contribution in [1.29, 1.82) is 5.26 Å². The van der Waals surface area contributed by atoms with E-state index in [2.05, 4.69) is 28.7 Å². The lowest BCUT2D eigenvalue weighted by Gasteiger charge is -2.09. The van der Waals surface area contributed by atoms with Crippen LogP contribution in [0, 0.1) is 14.9 Å². The summed E-state index contributed by atoms with van der Waals surface area (Å²) in [5.41, 5.74) is 2.10. The van der Waals surface area contributed by atoms with Gasteiger partial charge >= 0.3 is 0 Å². The standard InChI is InChI=1S/C14H10IN/c15-13-8-6-12(7-9-13)14(10-16)11-4-2-1-3-5-11/h1-9,14H/t14-/m1/s1. The third-order valence-corrected chi connectivity index (χ3v) is 3.18. The Morgan fingerprint density at radius 2 is 1.44 bits per heavy atom. The highest BCUT2D eigenvalue weighted by Gasteiger charge is 2.12. The number of halogens is 1. The van der Waals surface area contributed by atoms with Crippen LogP contribution in [0.1, 0.15) is 17.0 Å². The van der Waals surface area contributed by atoms with Crippen molar-refractivity contribution in [2.75, 3.05) is 0 Å². The summed E-state index contributed by atoms with van der Waals surface area (Å²) in [5, 5.41) is 9.25. The van der Waals surface area contributed by atoms with Gasteiger partial charge in [-0.3, -0.25) is 0 Å². The molecule has 2 aromatic rings. The molecule has 0 aliphatic rings. The average Bonchev–Trinajstić information content (AvgIpc) is 2.34. The van der Waals surface area contributed by atoms with Gasteiger partial charge in [0, 0.05) is 3.57 Å². The SMILES string of the molecule is N#C[C@H](c1ccccc1)c1ccc(I)cc1. The minimum atomic E-state index is -0.168. The van der Waals surface area contributed by atoms with Crippen molar-refractivity contribution in [2.24, 2.45) is 0 Å². The summed E-state index contributed by atoms with van der Waals surface area (Å²) in [6.07, 6.45) is 0. The van der Waals surface area contributed by atoms with Crippen molar-refractivity contribution in [3.8, 4) is 6.07 Å². The van der Waals surface area contributed by atoms with E-state index in [9.17, 15) is 5.26 Å². The normalized spacial score (nSPS) is 11.8. The number of benzene rings is 2. The van der Waals surface area contributed by atoms with Crippen LogP contribution < -0.4 is 0 Å². The predicted octanol–water partition coefficient (Wildman–Crippen LogP) is 3.95. The third-order valence-electron chi connectivity index (χ3n) is 2.47. The Bertz CT molecular complexity index is 497. The van der Waals surface area contributed by atoms with E-state index in [-0.39, 0.29) is 5.92 Å². The Balaban J connectivity index is 2.38. The van der Waals surface area contributed by atoms with Gasteiger partial charge in [0.25, 0.3) is 0 Å². The smallest absolute Gasteiger partial charge is 0.0962 e. The second-order valence-electron chi connectivity index (χ2n) is 3.52. The average molecular weight is 319 g/mol. The zero-order chi connectivity index (χ0) is 11.4. The first-order valence-corrected chi connectivity index (χ1v) is 6.09. The Morgan fingerprint density at radius 3 is 2.00 bits per heavy atom. The van der Waals surface area contributed by atoms with Crippen molar-refractivity contribution < 1.29 is 0 Å². The molecule has 2 rings (SSSR count). The van der Waals surface area contributed by atoms with Crippen molar-refractivity contribution in [2.45, 2.75) is 5.92 Å². The number of nitrogens with zero attached hydrogens (tertiary/aromatic N) is 1. The fraction of sp³-hybridized carbons (Fsp3) is 0.0714. The van der Waals surface area contributed by atoms with E-state index >= 15 is 0 Å². The van der Waals surface area contributed by atoms with Crippen molar-refractivity contribution >= 4 is 22.6 Å². The zero-order valence-corrected chi connectivity index (χ0v) is 10.8. The fourth-order valence-corrected chi connectivity index (χ4v) is 2.00. The fourth-order valence-electron chi connectivity index (χ4n) is 1.64. The van der Waals surface area contributed by atoms with Gasteiger partial charge in [0.1, 0.15) is 0 Å². The van der Waals surface area contributed by atoms with Crippen molar-refractivity contribution in [3.05, 3.63) is 69.3 Å². The van der Waals surface area contributed by atoms with Gasteiger partial charge in [0.15, 0.2) is 0 Å². The zero-order valence-electron chi connectivity index (χ0n) is 8.60. The molecule has 0 bridgehead atoms. The molecule has 1 atom stereocenters. The van der Waals surface area contributed by atoms with Gasteiger partial charge in [-0.1, -0.05) is 42.5 Å². The van der Waals surface area contributed by atoms with Crippen LogP contribution in [0.25, 0.3) is 0 Å². The second kappa shape index (κ2) is 5.13. The predicted molar refractivity (Wildman–Crippen MR) is 73.1 cm³/mol. The minimum Gasteiger partial charge on any atom is -0.197 e. The largest absolute Gasteiger partial charge is 0.197 e. The Kier molecular flexibility index (Phi) is 3.58. The highest BCUT2D eigenvalue weighted by Crippen LogP contribution is 2.24. The van der Waals surface area contributed by atoms with Crippen LogP contribution in [0.4, 0.5) is 0 Å². The molecule has 2 heteroatoms. The summed E-state index contributed by atoms with van der Waals surface area (Å²) in [7, 11) is 0. The monoisotopic (exact) mass is 319 g/mol. The molecule has 1 nitrogen and oxygen atoms in total. The maximum absolute atomic E-state index is 9.25. The molecule has 2 aromatic carbocycles. The van der Waals surface area contributed by atoms with Gasteiger partial charge in [-0.15, -0.1) is 0 Å². The number of rotatable bonds is 2. The molecular weight excluding hydrogens is 309 g/mol. The molecule has 0 saturated carbocycles. The lowest BCUT2D eigenvalue weighted by Crippen LogP contribution is -1.97. The highest BCUT2D eigenvalue weighted by atomic mass is 127. The maximum atomic E-state index is 9.25. The molecule has 0 amide bonds.